The monoisotopic (exact) mass is 230 g/mol. The molecule has 0 saturated heterocycles. The maximum absolute atomic E-state index is 5.71. The van der Waals surface area contributed by atoms with Crippen LogP contribution >= 0.6 is 0 Å². The van der Waals surface area contributed by atoms with Gasteiger partial charge in [-0.15, -0.1) is 10.2 Å². The van der Waals surface area contributed by atoms with Crippen molar-refractivity contribution in [3.8, 4) is 0 Å². The van der Waals surface area contributed by atoms with E-state index in [1.807, 2.05) is 42.8 Å². The van der Waals surface area contributed by atoms with Gasteiger partial charge in [-0.3, -0.25) is 0 Å². The molecule has 17 heavy (non-hydrogen) atoms. The van der Waals surface area contributed by atoms with Crippen molar-refractivity contribution in [2.75, 3.05) is 5.73 Å². The molecule has 1 heterocycles. The van der Waals surface area contributed by atoms with Crippen molar-refractivity contribution in [1.29, 1.82) is 0 Å². The molecule has 90 valence electrons. The first-order chi connectivity index (χ1) is 7.93. The average molecular weight is 230 g/mol. The summed E-state index contributed by atoms with van der Waals surface area (Å²) in [4.78, 5) is 0. The second-order valence-corrected chi connectivity index (χ2v) is 4.88. The molecule has 0 fully saturated rings. The zero-order chi connectivity index (χ0) is 12.6. The molecule has 0 spiro atoms. The Bertz CT molecular complexity index is 523. The lowest BCUT2D eigenvalue weighted by molar-refractivity contribution is 0.558. The molecule has 0 atom stereocenters. The highest BCUT2D eigenvalue weighted by atomic mass is 15.3. The highest BCUT2D eigenvalue weighted by Gasteiger charge is 2.28. The van der Waals surface area contributed by atoms with Crippen LogP contribution in [0.1, 0.15) is 31.1 Å². The smallest absolute Gasteiger partial charge is 0.142 e. The Morgan fingerprint density at radius 1 is 1.12 bits per heavy atom. The van der Waals surface area contributed by atoms with E-state index in [-0.39, 0.29) is 5.41 Å². The molecule has 0 aliphatic rings. The molecule has 2 aromatic rings. The second-order valence-electron chi connectivity index (χ2n) is 4.88. The van der Waals surface area contributed by atoms with Gasteiger partial charge in [-0.25, -0.2) is 0 Å². The minimum absolute atomic E-state index is 0.177. The first-order valence-electron chi connectivity index (χ1n) is 5.65. The number of hydrogen-bond donors (Lipinski definition) is 1. The minimum atomic E-state index is -0.177. The molecule has 4 heteroatoms. The molecule has 2 N–H and O–H groups in total. The van der Waals surface area contributed by atoms with Crippen molar-refractivity contribution in [1.82, 2.24) is 14.8 Å². The lowest BCUT2D eigenvalue weighted by atomic mass is 9.83. The third kappa shape index (κ3) is 1.90. The maximum Gasteiger partial charge on any atom is 0.142 e. The van der Waals surface area contributed by atoms with E-state index in [1.165, 1.54) is 5.56 Å². The van der Waals surface area contributed by atoms with Crippen LogP contribution in [-0.2, 0) is 12.5 Å². The number of aromatic nitrogens is 3. The van der Waals surface area contributed by atoms with E-state index in [9.17, 15) is 0 Å². The number of nitrogen functional groups attached to an aromatic ring is 1. The number of anilines is 1. The summed E-state index contributed by atoms with van der Waals surface area (Å²) in [6.45, 7) is 6.24. The van der Waals surface area contributed by atoms with Gasteiger partial charge in [0.25, 0.3) is 0 Å². The maximum atomic E-state index is 5.71. The van der Waals surface area contributed by atoms with Gasteiger partial charge in [-0.1, -0.05) is 12.1 Å². The van der Waals surface area contributed by atoms with E-state index in [1.54, 1.807) is 0 Å². The number of hydrogen-bond acceptors (Lipinski definition) is 3. The van der Waals surface area contributed by atoms with Gasteiger partial charge in [0, 0.05) is 18.2 Å². The molecule has 0 saturated carbocycles. The van der Waals surface area contributed by atoms with E-state index < -0.39 is 0 Å². The molecule has 0 radical (unpaired) electrons. The number of rotatable bonds is 2. The fourth-order valence-electron chi connectivity index (χ4n) is 1.98. The van der Waals surface area contributed by atoms with Gasteiger partial charge in [0.15, 0.2) is 0 Å². The number of aryl methyl sites for hydroxylation is 1. The van der Waals surface area contributed by atoms with Crippen LogP contribution < -0.4 is 5.73 Å². The molecule has 1 aromatic carbocycles. The van der Waals surface area contributed by atoms with Gasteiger partial charge in [-0.2, -0.15) is 0 Å². The molecule has 1 aromatic heterocycles. The van der Waals surface area contributed by atoms with Crippen LogP contribution in [0, 0.1) is 6.92 Å². The molecule has 2 rings (SSSR count). The van der Waals surface area contributed by atoms with Crippen LogP contribution in [0.15, 0.2) is 24.3 Å². The Hall–Kier alpha value is -1.84. The van der Waals surface area contributed by atoms with Crippen molar-refractivity contribution < 1.29 is 0 Å². The number of nitrogens with two attached hydrogens (primary N) is 1. The van der Waals surface area contributed by atoms with Crippen molar-refractivity contribution in [2.45, 2.75) is 26.2 Å². The molecular weight excluding hydrogens is 212 g/mol. The summed E-state index contributed by atoms with van der Waals surface area (Å²) in [7, 11) is 1.99. The van der Waals surface area contributed by atoms with E-state index in [0.717, 1.165) is 17.3 Å². The average Bonchev–Trinajstić information content (AvgIpc) is 2.61. The molecule has 0 aliphatic carbocycles. The first-order valence-corrected chi connectivity index (χ1v) is 5.65. The summed E-state index contributed by atoms with van der Waals surface area (Å²) in [6.07, 6.45) is 0. The summed E-state index contributed by atoms with van der Waals surface area (Å²) >= 11 is 0. The SMILES string of the molecule is Cc1nnc(C(C)(C)c2ccc(N)cc2)n1C. The van der Waals surface area contributed by atoms with Crippen LogP contribution in [-0.4, -0.2) is 14.8 Å². The van der Waals surface area contributed by atoms with Crippen LogP contribution in [0.25, 0.3) is 0 Å². The fraction of sp³-hybridized carbons (Fsp3) is 0.385. The second kappa shape index (κ2) is 3.87. The summed E-state index contributed by atoms with van der Waals surface area (Å²) in [6, 6.07) is 7.92. The van der Waals surface area contributed by atoms with E-state index in [4.69, 9.17) is 5.73 Å². The van der Waals surface area contributed by atoms with Crippen LogP contribution in [0.2, 0.25) is 0 Å². The van der Waals surface area contributed by atoms with Gasteiger partial charge in [0.2, 0.25) is 0 Å². The van der Waals surface area contributed by atoms with E-state index in [2.05, 4.69) is 24.0 Å². The molecule has 0 aliphatic heterocycles. The Morgan fingerprint density at radius 2 is 1.71 bits per heavy atom. The Balaban J connectivity index is 2.49. The van der Waals surface area contributed by atoms with Gasteiger partial charge < -0.3 is 10.3 Å². The molecular formula is C13H18N4. The minimum Gasteiger partial charge on any atom is -0.399 e. The predicted octanol–water partition coefficient (Wildman–Crippen LogP) is 2.03. The van der Waals surface area contributed by atoms with Gasteiger partial charge in [0.05, 0.1) is 0 Å². The zero-order valence-electron chi connectivity index (χ0n) is 10.7. The molecule has 0 amide bonds. The fourth-order valence-corrected chi connectivity index (χ4v) is 1.98. The number of nitrogens with zero attached hydrogens (tertiary/aromatic N) is 3. The Labute approximate surface area is 101 Å². The van der Waals surface area contributed by atoms with Crippen LogP contribution in [0.3, 0.4) is 0 Å². The van der Waals surface area contributed by atoms with Crippen molar-refractivity contribution in [3.05, 3.63) is 41.5 Å². The van der Waals surface area contributed by atoms with E-state index in [0.29, 0.717) is 0 Å². The summed E-state index contributed by atoms with van der Waals surface area (Å²) in [5, 5.41) is 8.38. The Morgan fingerprint density at radius 3 is 2.18 bits per heavy atom. The normalized spacial score (nSPS) is 11.8. The van der Waals surface area contributed by atoms with E-state index >= 15 is 0 Å². The Kier molecular flexibility index (Phi) is 2.65. The highest BCUT2D eigenvalue weighted by molar-refractivity contribution is 5.43. The highest BCUT2D eigenvalue weighted by Crippen LogP contribution is 2.30. The number of benzene rings is 1. The van der Waals surface area contributed by atoms with Crippen LogP contribution in [0.5, 0.6) is 0 Å². The van der Waals surface area contributed by atoms with Gasteiger partial charge in [-0.05, 0) is 38.5 Å². The summed E-state index contributed by atoms with van der Waals surface area (Å²) in [5.74, 6) is 1.88. The van der Waals surface area contributed by atoms with Gasteiger partial charge >= 0.3 is 0 Å². The lowest BCUT2D eigenvalue weighted by Gasteiger charge is -2.24. The lowest BCUT2D eigenvalue weighted by Crippen LogP contribution is -2.23. The quantitative estimate of drug-likeness (QED) is 0.803. The zero-order valence-corrected chi connectivity index (χ0v) is 10.7. The summed E-state index contributed by atoms with van der Waals surface area (Å²) in [5.41, 5.74) is 7.49. The largest absolute Gasteiger partial charge is 0.399 e. The third-order valence-electron chi connectivity index (χ3n) is 3.28. The van der Waals surface area contributed by atoms with Crippen LogP contribution in [0.4, 0.5) is 5.69 Å². The predicted molar refractivity (Wildman–Crippen MR) is 68.7 cm³/mol. The molecule has 4 nitrogen and oxygen atoms in total. The molecule has 0 unspecified atom stereocenters. The first kappa shape index (κ1) is 11.6. The van der Waals surface area contributed by atoms with Crippen molar-refractivity contribution >= 4 is 5.69 Å². The third-order valence-corrected chi connectivity index (χ3v) is 3.28. The van der Waals surface area contributed by atoms with Crippen molar-refractivity contribution in [3.63, 3.8) is 0 Å². The molecule has 0 bridgehead atoms. The van der Waals surface area contributed by atoms with Crippen molar-refractivity contribution in [2.24, 2.45) is 7.05 Å². The van der Waals surface area contributed by atoms with Gasteiger partial charge in [0.1, 0.15) is 11.6 Å². The topological polar surface area (TPSA) is 56.7 Å². The summed E-state index contributed by atoms with van der Waals surface area (Å²) < 4.78 is 2.02. The standard InChI is InChI=1S/C13H18N4/c1-9-15-16-12(17(9)4)13(2,3)10-5-7-11(14)8-6-10/h5-8H,14H2,1-4H3.